The van der Waals surface area contributed by atoms with Gasteiger partial charge in [0.1, 0.15) is 9.88 Å². The van der Waals surface area contributed by atoms with Gasteiger partial charge in [0.05, 0.1) is 31.2 Å². The number of aliphatic hydroxyl groups excluding tert-OH is 1. The van der Waals surface area contributed by atoms with Crippen LogP contribution in [0.4, 0.5) is 0 Å². The number of β-amino-alcohol motifs (C(OH)–C–C–N with tert-alkyl or cyclic N) is 1. The SMILES string of the molecule is O=C(NCC(O)CN1CCOCC1)c1cnc(-c2ccccn2)s1. The molecular formula is C16H20N4O3S. The number of pyridine rings is 1. The van der Waals surface area contributed by atoms with E-state index < -0.39 is 6.10 Å². The Morgan fingerprint density at radius 2 is 2.21 bits per heavy atom. The third-order valence-electron chi connectivity index (χ3n) is 3.68. The number of amides is 1. The largest absolute Gasteiger partial charge is 0.390 e. The van der Waals surface area contributed by atoms with Crippen LogP contribution in [0, 0.1) is 0 Å². The van der Waals surface area contributed by atoms with E-state index in [0.717, 1.165) is 18.8 Å². The first-order valence-electron chi connectivity index (χ1n) is 7.86. The number of ether oxygens (including phenoxy) is 1. The Bertz CT molecular complexity index is 658. The lowest BCUT2D eigenvalue weighted by Crippen LogP contribution is -2.44. The average Bonchev–Trinajstić information content (AvgIpc) is 3.11. The molecule has 1 aliphatic rings. The molecule has 0 saturated carbocycles. The molecule has 1 fully saturated rings. The molecule has 128 valence electrons. The van der Waals surface area contributed by atoms with E-state index >= 15 is 0 Å². The van der Waals surface area contributed by atoms with Gasteiger partial charge in [-0.1, -0.05) is 6.07 Å². The topological polar surface area (TPSA) is 87.6 Å². The summed E-state index contributed by atoms with van der Waals surface area (Å²) in [6.07, 6.45) is 2.63. The number of carbonyl (C=O) groups excluding carboxylic acids is 1. The zero-order valence-corrected chi connectivity index (χ0v) is 14.0. The summed E-state index contributed by atoms with van der Waals surface area (Å²) in [6.45, 7) is 3.76. The standard InChI is InChI=1S/C16H20N4O3S/c21-12(11-20-5-7-23-8-6-20)9-18-15(22)14-10-19-16(24-14)13-3-1-2-4-17-13/h1-4,10,12,21H,5-9,11H2,(H,18,22). The van der Waals surface area contributed by atoms with Crippen molar-refractivity contribution in [2.75, 3.05) is 39.4 Å². The summed E-state index contributed by atoms with van der Waals surface area (Å²) in [7, 11) is 0. The van der Waals surface area contributed by atoms with E-state index in [9.17, 15) is 9.90 Å². The molecule has 0 radical (unpaired) electrons. The third-order valence-corrected chi connectivity index (χ3v) is 4.70. The second-order valence-electron chi connectivity index (χ2n) is 5.52. The summed E-state index contributed by atoms with van der Waals surface area (Å²) < 4.78 is 5.27. The fourth-order valence-electron chi connectivity index (χ4n) is 2.43. The van der Waals surface area contributed by atoms with Gasteiger partial charge in [0.2, 0.25) is 0 Å². The molecule has 3 heterocycles. The number of aromatic nitrogens is 2. The molecule has 0 bridgehead atoms. The van der Waals surface area contributed by atoms with Gasteiger partial charge in [-0.15, -0.1) is 11.3 Å². The summed E-state index contributed by atoms with van der Waals surface area (Å²) in [6, 6.07) is 5.57. The van der Waals surface area contributed by atoms with Crippen molar-refractivity contribution in [3.05, 3.63) is 35.5 Å². The van der Waals surface area contributed by atoms with Crippen molar-refractivity contribution in [1.82, 2.24) is 20.2 Å². The maximum atomic E-state index is 12.2. The maximum Gasteiger partial charge on any atom is 0.263 e. The number of thiazole rings is 1. The predicted octanol–water partition coefficient (Wildman–Crippen LogP) is 0.628. The van der Waals surface area contributed by atoms with Gasteiger partial charge >= 0.3 is 0 Å². The highest BCUT2D eigenvalue weighted by atomic mass is 32.1. The Kier molecular flexibility index (Phi) is 5.86. The zero-order valence-electron chi connectivity index (χ0n) is 13.2. The van der Waals surface area contributed by atoms with Crippen LogP contribution in [0.2, 0.25) is 0 Å². The minimum absolute atomic E-state index is 0.215. The van der Waals surface area contributed by atoms with Crippen LogP contribution in [0.1, 0.15) is 9.67 Å². The average molecular weight is 348 g/mol. The van der Waals surface area contributed by atoms with Gasteiger partial charge in [0.15, 0.2) is 0 Å². The maximum absolute atomic E-state index is 12.2. The van der Waals surface area contributed by atoms with Gasteiger partial charge in [-0.3, -0.25) is 14.7 Å². The van der Waals surface area contributed by atoms with Crippen LogP contribution >= 0.6 is 11.3 Å². The number of hydrogen-bond donors (Lipinski definition) is 2. The Hall–Kier alpha value is -1.87. The molecule has 2 N–H and O–H groups in total. The molecule has 8 heteroatoms. The van der Waals surface area contributed by atoms with Crippen LogP contribution in [-0.4, -0.2) is 71.4 Å². The molecule has 0 aromatic carbocycles. The number of nitrogens with zero attached hydrogens (tertiary/aromatic N) is 3. The summed E-state index contributed by atoms with van der Waals surface area (Å²) >= 11 is 1.29. The third kappa shape index (κ3) is 4.57. The van der Waals surface area contributed by atoms with E-state index in [4.69, 9.17) is 4.74 Å². The lowest BCUT2D eigenvalue weighted by atomic mass is 10.3. The Morgan fingerprint density at radius 1 is 1.38 bits per heavy atom. The molecule has 1 unspecified atom stereocenters. The fourth-order valence-corrected chi connectivity index (χ4v) is 3.24. The predicted molar refractivity (Wildman–Crippen MR) is 90.9 cm³/mol. The number of hydrogen-bond acceptors (Lipinski definition) is 7. The smallest absolute Gasteiger partial charge is 0.263 e. The van der Waals surface area contributed by atoms with Crippen LogP contribution in [0.3, 0.4) is 0 Å². The molecule has 3 rings (SSSR count). The first-order chi connectivity index (χ1) is 11.7. The quantitative estimate of drug-likeness (QED) is 0.796. The van der Waals surface area contributed by atoms with Crippen LogP contribution in [0.5, 0.6) is 0 Å². The molecule has 0 spiro atoms. The molecule has 2 aromatic rings. The van der Waals surface area contributed by atoms with Gasteiger partial charge in [-0.25, -0.2) is 4.98 Å². The van der Waals surface area contributed by atoms with Gasteiger partial charge in [-0.05, 0) is 12.1 Å². The zero-order chi connectivity index (χ0) is 16.8. The van der Waals surface area contributed by atoms with E-state index in [1.54, 1.807) is 12.4 Å². The number of rotatable bonds is 6. The molecule has 1 amide bonds. The highest BCUT2D eigenvalue weighted by Crippen LogP contribution is 2.22. The minimum atomic E-state index is -0.602. The highest BCUT2D eigenvalue weighted by molar-refractivity contribution is 7.16. The summed E-state index contributed by atoms with van der Waals surface area (Å²) in [5, 5.41) is 13.5. The van der Waals surface area contributed by atoms with Crippen molar-refractivity contribution in [1.29, 1.82) is 0 Å². The van der Waals surface area contributed by atoms with Crippen molar-refractivity contribution in [2.45, 2.75) is 6.10 Å². The van der Waals surface area contributed by atoms with Crippen LogP contribution < -0.4 is 5.32 Å². The van der Waals surface area contributed by atoms with E-state index in [1.165, 1.54) is 11.3 Å². The molecule has 24 heavy (non-hydrogen) atoms. The molecule has 0 aliphatic carbocycles. The van der Waals surface area contributed by atoms with Crippen LogP contribution in [0.25, 0.3) is 10.7 Å². The number of aliphatic hydroxyl groups is 1. The van der Waals surface area contributed by atoms with Gasteiger partial charge < -0.3 is 15.2 Å². The first-order valence-corrected chi connectivity index (χ1v) is 8.67. The van der Waals surface area contributed by atoms with E-state index in [1.807, 2.05) is 18.2 Å². The lowest BCUT2D eigenvalue weighted by molar-refractivity contribution is 0.0149. The van der Waals surface area contributed by atoms with Crippen LogP contribution in [0.15, 0.2) is 30.6 Å². The van der Waals surface area contributed by atoms with Gasteiger partial charge in [0.25, 0.3) is 5.91 Å². The molecule has 1 saturated heterocycles. The summed E-state index contributed by atoms with van der Waals surface area (Å²) in [5.74, 6) is -0.226. The second kappa shape index (κ2) is 8.29. The summed E-state index contributed by atoms with van der Waals surface area (Å²) in [5.41, 5.74) is 0.744. The molecule has 1 aliphatic heterocycles. The fraction of sp³-hybridized carbons (Fsp3) is 0.438. The Balaban J connectivity index is 1.49. The monoisotopic (exact) mass is 348 g/mol. The van der Waals surface area contributed by atoms with Crippen molar-refractivity contribution >= 4 is 17.2 Å². The van der Waals surface area contributed by atoms with Crippen molar-refractivity contribution < 1.29 is 14.6 Å². The Morgan fingerprint density at radius 3 is 2.96 bits per heavy atom. The van der Waals surface area contributed by atoms with E-state index in [2.05, 4.69) is 20.2 Å². The lowest BCUT2D eigenvalue weighted by Gasteiger charge is -2.28. The first kappa shape index (κ1) is 17.0. The molecular weight excluding hydrogens is 328 g/mol. The molecule has 1 atom stereocenters. The van der Waals surface area contributed by atoms with E-state index in [0.29, 0.717) is 29.6 Å². The molecule has 2 aromatic heterocycles. The number of nitrogens with one attached hydrogen (secondary N) is 1. The van der Waals surface area contributed by atoms with Crippen molar-refractivity contribution in [3.63, 3.8) is 0 Å². The normalized spacial score (nSPS) is 16.7. The van der Waals surface area contributed by atoms with Crippen molar-refractivity contribution in [3.8, 4) is 10.7 Å². The Labute approximate surface area is 144 Å². The molecule has 7 nitrogen and oxygen atoms in total. The highest BCUT2D eigenvalue weighted by Gasteiger charge is 2.17. The van der Waals surface area contributed by atoms with Crippen LogP contribution in [-0.2, 0) is 4.74 Å². The van der Waals surface area contributed by atoms with Gasteiger partial charge in [0, 0.05) is 32.4 Å². The minimum Gasteiger partial charge on any atom is -0.390 e. The number of carbonyl (C=O) groups is 1. The van der Waals surface area contributed by atoms with E-state index in [-0.39, 0.29) is 12.5 Å². The number of morpholine rings is 1. The second-order valence-corrected chi connectivity index (χ2v) is 6.55. The van der Waals surface area contributed by atoms with Crippen molar-refractivity contribution in [2.24, 2.45) is 0 Å². The van der Waals surface area contributed by atoms with Gasteiger partial charge in [-0.2, -0.15) is 0 Å². The summed E-state index contributed by atoms with van der Waals surface area (Å²) in [4.78, 5) is 23.3.